The third kappa shape index (κ3) is 1.91. The molecule has 1 heterocycles. The van der Waals surface area contributed by atoms with E-state index in [1.54, 1.807) is 0 Å². The van der Waals surface area contributed by atoms with E-state index in [1.807, 2.05) is 6.20 Å². The van der Waals surface area contributed by atoms with Gasteiger partial charge in [-0.1, -0.05) is 19.3 Å². The Hall–Kier alpha value is -0.830. The van der Waals surface area contributed by atoms with E-state index >= 15 is 0 Å². The maximum atomic E-state index is 5.54. The molecule has 0 atom stereocenters. The van der Waals surface area contributed by atoms with Crippen LogP contribution in [0.2, 0.25) is 0 Å². The number of rotatable bonds is 2. The molecule has 2 N–H and O–H groups in total. The molecule has 3 heteroatoms. The molecule has 3 nitrogen and oxygen atoms in total. The van der Waals surface area contributed by atoms with Crippen molar-refractivity contribution < 1.29 is 0 Å². The van der Waals surface area contributed by atoms with Gasteiger partial charge in [0.05, 0.1) is 12.2 Å². The smallest absolute Gasteiger partial charge is 0.0534 e. The molecule has 2 rings (SSSR count). The van der Waals surface area contributed by atoms with Gasteiger partial charge in [0.15, 0.2) is 0 Å². The lowest BCUT2D eigenvalue weighted by molar-refractivity contribution is 0.329. The van der Waals surface area contributed by atoms with Crippen molar-refractivity contribution in [3.8, 4) is 0 Å². The van der Waals surface area contributed by atoms with Crippen LogP contribution in [0.1, 0.15) is 43.7 Å². The zero-order valence-electron chi connectivity index (χ0n) is 7.95. The van der Waals surface area contributed by atoms with Crippen molar-refractivity contribution in [1.29, 1.82) is 0 Å². The van der Waals surface area contributed by atoms with Crippen LogP contribution in [0.15, 0.2) is 12.4 Å². The molecule has 13 heavy (non-hydrogen) atoms. The van der Waals surface area contributed by atoms with E-state index in [-0.39, 0.29) is 0 Å². The number of aromatic nitrogens is 2. The molecular formula is C10H17N3. The molecule has 0 amide bonds. The van der Waals surface area contributed by atoms with E-state index in [9.17, 15) is 0 Å². The minimum Gasteiger partial charge on any atom is -0.326 e. The highest BCUT2D eigenvalue weighted by Crippen LogP contribution is 2.27. The van der Waals surface area contributed by atoms with Crippen molar-refractivity contribution in [3.05, 3.63) is 18.0 Å². The lowest BCUT2D eigenvalue weighted by atomic mass is 9.96. The van der Waals surface area contributed by atoms with Gasteiger partial charge in [0, 0.05) is 18.3 Å². The van der Waals surface area contributed by atoms with Crippen LogP contribution in [0.5, 0.6) is 0 Å². The van der Waals surface area contributed by atoms with Crippen molar-refractivity contribution in [2.75, 3.05) is 0 Å². The summed E-state index contributed by atoms with van der Waals surface area (Å²) in [5.41, 5.74) is 6.68. The Morgan fingerprint density at radius 2 is 2.15 bits per heavy atom. The van der Waals surface area contributed by atoms with Crippen LogP contribution in [-0.2, 0) is 6.54 Å². The van der Waals surface area contributed by atoms with Gasteiger partial charge >= 0.3 is 0 Å². The molecule has 0 aromatic carbocycles. The first-order valence-electron chi connectivity index (χ1n) is 5.13. The average molecular weight is 179 g/mol. The number of hydrogen-bond acceptors (Lipinski definition) is 2. The first-order chi connectivity index (χ1) is 6.40. The first-order valence-corrected chi connectivity index (χ1v) is 5.13. The molecule has 1 aromatic heterocycles. The lowest BCUT2D eigenvalue weighted by Crippen LogP contribution is -2.13. The van der Waals surface area contributed by atoms with Crippen LogP contribution in [0.4, 0.5) is 0 Å². The van der Waals surface area contributed by atoms with Gasteiger partial charge in [-0.05, 0) is 12.8 Å². The SMILES string of the molecule is NCc1cnn(C2CCCCC2)c1. The van der Waals surface area contributed by atoms with Gasteiger partial charge in [-0.25, -0.2) is 0 Å². The molecule has 1 aromatic rings. The van der Waals surface area contributed by atoms with Crippen molar-refractivity contribution in [2.45, 2.75) is 44.7 Å². The second-order valence-electron chi connectivity index (χ2n) is 3.82. The van der Waals surface area contributed by atoms with E-state index in [0.717, 1.165) is 5.56 Å². The molecule has 72 valence electrons. The molecule has 0 aliphatic heterocycles. The van der Waals surface area contributed by atoms with Crippen LogP contribution < -0.4 is 5.73 Å². The van der Waals surface area contributed by atoms with Crippen LogP contribution >= 0.6 is 0 Å². The average Bonchev–Trinajstić information content (AvgIpc) is 2.67. The molecular weight excluding hydrogens is 162 g/mol. The molecule has 1 saturated carbocycles. The first kappa shape index (κ1) is 8.75. The summed E-state index contributed by atoms with van der Waals surface area (Å²) in [6, 6.07) is 0.633. The van der Waals surface area contributed by atoms with Crippen LogP contribution in [0.3, 0.4) is 0 Å². The minimum atomic E-state index is 0.604. The van der Waals surface area contributed by atoms with Crippen LogP contribution in [-0.4, -0.2) is 9.78 Å². The summed E-state index contributed by atoms with van der Waals surface area (Å²) < 4.78 is 2.10. The summed E-state index contributed by atoms with van der Waals surface area (Å²) in [6.45, 7) is 0.604. The lowest BCUT2D eigenvalue weighted by Gasteiger charge is -2.21. The molecule has 0 spiro atoms. The number of nitrogens with zero attached hydrogens (tertiary/aromatic N) is 2. The van der Waals surface area contributed by atoms with Gasteiger partial charge in [0.1, 0.15) is 0 Å². The monoisotopic (exact) mass is 179 g/mol. The zero-order chi connectivity index (χ0) is 9.10. The Bertz CT molecular complexity index is 261. The number of hydrogen-bond donors (Lipinski definition) is 1. The molecule has 1 fully saturated rings. The fraction of sp³-hybridized carbons (Fsp3) is 0.700. The maximum Gasteiger partial charge on any atom is 0.0534 e. The van der Waals surface area contributed by atoms with Crippen molar-refractivity contribution in [2.24, 2.45) is 5.73 Å². The molecule has 0 saturated heterocycles. The van der Waals surface area contributed by atoms with E-state index in [4.69, 9.17) is 5.73 Å². The van der Waals surface area contributed by atoms with Gasteiger partial charge in [0.2, 0.25) is 0 Å². The summed E-state index contributed by atoms with van der Waals surface area (Å²) in [5, 5.41) is 4.35. The summed E-state index contributed by atoms with van der Waals surface area (Å²) in [5.74, 6) is 0. The van der Waals surface area contributed by atoms with Crippen molar-refractivity contribution in [3.63, 3.8) is 0 Å². The predicted octanol–water partition coefficient (Wildman–Crippen LogP) is 1.85. The Kier molecular flexibility index (Phi) is 2.64. The normalized spacial score (nSPS) is 19.2. The minimum absolute atomic E-state index is 0.604. The van der Waals surface area contributed by atoms with E-state index < -0.39 is 0 Å². The van der Waals surface area contributed by atoms with E-state index in [0.29, 0.717) is 12.6 Å². The Morgan fingerprint density at radius 3 is 2.77 bits per heavy atom. The topological polar surface area (TPSA) is 43.8 Å². The van der Waals surface area contributed by atoms with Crippen molar-refractivity contribution >= 4 is 0 Å². The fourth-order valence-electron chi connectivity index (χ4n) is 2.03. The highest BCUT2D eigenvalue weighted by molar-refractivity contribution is 5.03. The molecule has 0 radical (unpaired) electrons. The Balaban J connectivity index is 2.05. The standard InChI is InChI=1S/C10H17N3/c11-6-9-7-12-13(8-9)10-4-2-1-3-5-10/h7-8,10H,1-6,11H2. The van der Waals surface area contributed by atoms with Gasteiger partial charge in [-0.15, -0.1) is 0 Å². The highest BCUT2D eigenvalue weighted by Gasteiger charge is 2.15. The molecule has 1 aliphatic rings. The van der Waals surface area contributed by atoms with Gasteiger partial charge in [0.25, 0.3) is 0 Å². The van der Waals surface area contributed by atoms with Crippen molar-refractivity contribution in [1.82, 2.24) is 9.78 Å². The summed E-state index contributed by atoms with van der Waals surface area (Å²) in [7, 11) is 0. The largest absolute Gasteiger partial charge is 0.326 e. The summed E-state index contributed by atoms with van der Waals surface area (Å²) in [4.78, 5) is 0. The second kappa shape index (κ2) is 3.92. The summed E-state index contributed by atoms with van der Waals surface area (Å²) in [6.07, 6.45) is 10.6. The number of nitrogens with two attached hydrogens (primary N) is 1. The third-order valence-corrected chi connectivity index (χ3v) is 2.84. The Labute approximate surface area is 78.9 Å². The summed E-state index contributed by atoms with van der Waals surface area (Å²) >= 11 is 0. The highest BCUT2D eigenvalue weighted by atomic mass is 15.3. The van der Waals surface area contributed by atoms with Crippen LogP contribution in [0.25, 0.3) is 0 Å². The quantitative estimate of drug-likeness (QED) is 0.753. The molecule has 1 aliphatic carbocycles. The predicted molar refractivity (Wildman–Crippen MR) is 52.2 cm³/mol. The fourth-order valence-corrected chi connectivity index (χ4v) is 2.03. The van der Waals surface area contributed by atoms with E-state index in [1.165, 1.54) is 32.1 Å². The van der Waals surface area contributed by atoms with Gasteiger partial charge < -0.3 is 5.73 Å². The molecule has 0 bridgehead atoms. The third-order valence-electron chi connectivity index (χ3n) is 2.84. The molecule has 0 unspecified atom stereocenters. The van der Waals surface area contributed by atoms with Crippen LogP contribution in [0, 0.1) is 0 Å². The zero-order valence-corrected chi connectivity index (χ0v) is 7.95. The van der Waals surface area contributed by atoms with Gasteiger partial charge in [-0.3, -0.25) is 4.68 Å². The Morgan fingerprint density at radius 1 is 1.38 bits per heavy atom. The van der Waals surface area contributed by atoms with E-state index in [2.05, 4.69) is 16.0 Å². The second-order valence-corrected chi connectivity index (χ2v) is 3.82. The maximum absolute atomic E-state index is 5.54. The van der Waals surface area contributed by atoms with Gasteiger partial charge in [-0.2, -0.15) is 5.10 Å².